The van der Waals surface area contributed by atoms with Crippen LogP contribution >= 0.6 is 0 Å². The van der Waals surface area contributed by atoms with Crippen molar-refractivity contribution in [2.45, 2.75) is 19.1 Å². The molecule has 0 saturated carbocycles. The summed E-state index contributed by atoms with van der Waals surface area (Å²) in [5.41, 5.74) is 6.21. The van der Waals surface area contributed by atoms with Gasteiger partial charge in [0.05, 0.1) is 13.2 Å². The lowest BCUT2D eigenvalue weighted by molar-refractivity contribution is 0.140. The maximum Gasteiger partial charge on any atom is 0.124 e. The Bertz CT molecular complexity index is 337. The van der Waals surface area contributed by atoms with Gasteiger partial charge in [0.1, 0.15) is 17.7 Å². The summed E-state index contributed by atoms with van der Waals surface area (Å²) >= 11 is 0. The molecule has 15 heavy (non-hydrogen) atoms. The summed E-state index contributed by atoms with van der Waals surface area (Å²) in [4.78, 5) is 0. The van der Waals surface area contributed by atoms with E-state index in [1.165, 1.54) is 12.1 Å². The third kappa shape index (κ3) is 2.46. The Morgan fingerprint density at radius 1 is 1.53 bits per heavy atom. The van der Waals surface area contributed by atoms with Gasteiger partial charge < -0.3 is 15.2 Å². The Morgan fingerprint density at radius 2 is 2.40 bits per heavy atom. The van der Waals surface area contributed by atoms with E-state index in [9.17, 15) is 4.39 Å². The largest absolute Gasteiger partial charge is 0.488 e. The first-order valence-electron chi connectivity index (χ1n) is 5.02. The van der Waals surface area contributed by atoms with Gasteiger partial charge in [-0.1, -0.05) is 0 Å². The minimum absolute atomic E-state index is 0.0701. The van der Waals surface area contributed by atoms with Gasteiger partial charge in [-0.05, 0) is 18.2 Å². The van der Waals surface area contributed by atoms with Crippen molar-refractivity contribution < 1.29 is 13.9 Å². The standard InChI is InChI=1S/C11H14FNO2/c12-9-1-2-11(8(5-9)6-13)15-10-3-4-14-7-10/h1-2,5,10H,3-4,6-7,13H2. The molecular weight excluding hydrogens is 197 g/mol. The van der Waals surface area contributed by atoms with Crippen LogP contribution in [0.1, 0.15) is 12.0 Å². The molecule has 0 amide bonds. The molecule has 0 radical (unpaired) electrons. The first-order valence-corrected chi connectivity index (χ1v) is 5.02. The van der Waals surface area contributed by atoms with Crippen LogP contribution in [0.2, 0.25) is 0 Å². The molecule has 1 saturated heterocycles. The van der Waals surface area contributed by atoms with E-state index in [1.54, 1.807) is 6.07 Å². The van der Waals surface area contributed by atoms with E-state index in [4.69, 9.17) is 15.2 Å². The Labute approximate surface area is 88.0 Å². The SMILES string of the molecule is NCc1cc(F)ccc1OC1CCOC1. The van der Waals surface area contributed by atoms with Gasteiger partial charge in [0.25, 0.3) is 0 Å². The van der Waals surface area contributed by atoms with Crippen molar-refractivity contribution >= 4 is 0 Å². The molecule has 1 aromatic carbocycles. The summed E-state index contributed by atoms with van der Waals surface area (Å²) < 4.78 is 23.8. The molecule has 1 heterocycles. The summed E-state index contributed by atoms with van der Waals surface area (Å²) in [7, 11) is 0. The lowest BCUT2D eigenvalue weighted by Crippen LogP contribution is -2.17. The van der Waals surface area contributed by atoms with E-state index in [-0.39, 0.29) is 18.5 Å². The van der Waals surface area contributed by atoms with E-state index in [0.717, 1.165) is 13.0 Å². The second-order valence-corrected chi connectivity index (χ2v) is 3.56. The van der Waals surface area contributed by atoms with Crippen molar-refractivity contribution in [1.29, 1.82) is 0 Å². The molecule has 1 aliphatic heterocycles. The van der Waals surface area contributed by atoms with E-state index >= 15 is 0 Å². The fraction of sp³-hybridized carbons (Fsp3) is 0.455. The third-order valence-corrected chi connectivity index (χ3v) is 2.42. The second-order valence-electron chi connectivity index (χ2n) is 3.56. The highest BCUT2D eigenvalue weighted by atomic mass is 19.1. The Kier molecular flexibility index (Phi) is 3.18. The lowest BCUT2D eigenvalue weighted by atomic mass is 10.2. The molecule has 1 unspecified atom stereocenters. The minimum Gasteiger partial charge on any atom is -0.488 e. The average molecular weight is 211 g/mol. The molecule has 3 nitrogen and oxygen atoms in total. The van der Waals surface area contributed by atoms with Crippen molar-refractivity contribution in [3.63, 3.8) is 0 Å². The molecule has 0 spiro atoms. The third-order valence-electron chi connectivity index (χ3n) is 2.42. The second kappa shape index (κ2) is 4.59. The number of nitrogens with two attached hydrogens (primary N) is 1. The van der Waals surface area contributed by atoms with Crippen LogP contribution in [0.4, 0.5) is 4.39 Å². The molecule has 0 aliphatic carbocycles. The highest BCUT2D eigenvalue weighted by molar-refractivity contribution is 5.34. The predicted molar refractivity (Wildman–Crippen MR) is 54.1 cm³/mol. The number of ether oxygens (including phenoxy) is 2. The lowest BCUT2D eigenvalue weighted by Gasteiger charge is -2.14. The van der Waals surface area contributed by atoms with Crippen molar-refractivity contribution in [3.05, 3.63) is 29.6 Å². The van der Waals surface area contributed by atoms with Crippen molar-refractivity contribution in [2.75, 3.05) is 13.2 Å². The maximum atomic E-state index is 12.9. The molecular formula is C11H14FNO2. The van der Waals surface area contributed by atoms with Gasteiger partial charge in [-0.15, -0.1) is 0 Å². The average Bonchev–Trinajstić information content (AvgIpc) is 2.73. The van der Waals surface area contributed by atoms with Gasteiger partial charge in [-0.25, -0.2) is 4.39 Å². The van der Waals surface area contributed by atoms with Crippen molar-refractivity contribution in [1.82, 2.24) is 0 Å². The van der Waals surface area contributed by atoms with Gasteiger partial charge in [-0.3, -0.25) is 0 Å². The first kappa shape index (κ1) is 10.4. The van der Waals surface area contributed by atoms with Crippen LogP contribution < -0.4 is 10.5 Å². The van der Waals surface area contributed by atoms with E-state index < -0.39 is 0 Å². The molecule has 1 fully saturated rings. The molecule has 0 aromatic heterocycles. The van der Waals surface area contributed by atoms with Crippen molar-refractivity contribution in [3.8, 4) is 5.75 Å². The molecule has 2 N–H and O–H groups in total. The van der Waals surface area contributed by atoms with Crippen LogP contribution in [0.3, 0.4) is 0 Å². The monoisotopic (exact) mass is 211 g/mol. The summed E-state index contributed by atoms with van der Waals surface area (Å²) in [6.07, 6.45) is 0.947. The van der Waals surface area contributed by atoms with Gasteiger partial charge >= 0.3 is 0 Å². The maximum absolute atomic E-state index is 12.9. The van der Waals surface area contributed by atoms with E-state index in [0.29, 0.717) is 17.9 Å². The highest BCUT2D eigenvalue weighted by Crippen LogP contribution is 2.22. The summed E-state index contributed by atoms with van der Waals surface area (Å²) in [5.74, 6) is 0.375. The van der Waals surface area contributed by atoms with Crippen LogP contribution in [-0.2, 0) is 11.3 Å². The smallest absolute Gasteiger partial charge is 0.124 e. The zero-order chi connectivity index (χ0) is 10.7. The molecule has 4 heteroatoms. The summed E-state index contributed by atoms with van der Waals surface area (Å²) in [6, 6.07) is 4.41. The molecule has 82 valence electrons. The predicted octanol–water partition coefficient (Wildman–Crippen LogP) is 1.45. The summed E-state index contributed by atoms with van der Waals surface area (Å²) in [5, 5.41) is 0. The number of hydrogen-bond acceptors (Lipinski definition) is 3. The molecule has 1 aliphatic rings. The number of hydrogen-bond donors (Lipinski definition) is 1. The van der Waals surface area contributed by atoms with Crippen LogP contribution in [0.25, 0.3) is 0 Å². The van der Waals surface area contributed by atoms with Gasteiger partial charge in [0.2, 0.25) is 0 Å². The Morgan fingerprint density at radius 3 is 3.07 bits per heavy atom. The molecule has 1 atom stereocenters. The fourth-order valence-electron chi connectivity index (χ4n) is 1.61. The topological polar surface area (TPSA) is 44.5 Å². The van der Waals surface area contributed by atoms with Gasteiger partial charge in [0, 0.05) is 18.5 Å². The van der Waals surface area contributed by atoms with E-state index in [2.05, 4.69) is 0 Å². The molecule has 2 rings (SSSR count). The summed E-state index contributed by atoms with van der Waals surface area (Å²) in [6.45, 7) is 1.60. The van der Waals surface area contributed by atoms with Crippen LogP contribution in [-0.4, -0.2) is 19.3 Å². The number of benzene rings is 1. The van der Waals surface area contributed by atoms with Crippen LogP contribution in [0, 0.1) is 5.82 Å². The van der Waals surface area contributed by atoms with Crippen LogP contribution in [0.5, 0.6) is 5.75 Å². The first-order chi connectivity index (χ1) is 7.29. The fourth-order valence-corrected chi connectivity index (χ4v) is 1.61. The molecule has 0 bridgehead atoms. The molecule has 1 aromatic rings. The number of halogens is 1. The normalized spacial score (nSPS) is 20.5. The zero-order valence-corrected chi connectivity index (χ0v) is 8.41. The zero-order valence-electron chi connectivity index (χ0n) is 8.41. The Hall–Kier alpha value is -1.13. The van der Waals surface area contributed by atoms with Gasteiger partial charge in [-0.2, -0.15) is 0 Å². The Balaban J connectivity index is 2.12. The number of rotatable bonds is 3. The quantitative estimate of drug-likeness (QED) is 0.823. The highest BCUT2D eigenvalue weighted by Gasteiger charge is 2.18. The van der Waals surface area contributed by atoms with Gasteiger partial charge in [0.15, 0.2) is 0 Å². The van der Waals surface area contributed by atoms with Crippen molar-refractivity contribution in [2.24, 2.45) is 5.73 Å². The van der Waals surface area contributed by atoms with Crippen LogP contribution in [0.15, 0.2) is 18.2 Å². The van der Waals surface area contributed by atoms with E-state index in [1.807, 2.05) is 0 Å². The minimum atomic E-state index is -0.287.